The largest absolute Gasteiger partial charge is 0.505 e. The van der Waals surface area contributed by atoms with Crippen LogP contribution in [-0.2, 0) is 18.2 Å². The fraction of sp³-hybridized carbons (Fsp3) is 0.125. The molecule has 0 saturated carbocycles. The van der Waals surface area contributed by atoms with Crippen molar-refractivity contribution in [3.63, 3.8) is 0 Å². The zero-order valence-corrected chi connectivity index (χ0v) is 8.14. The van der Waals surface area contributed by atoms with E-state index in [4.69, 9.17) is 13.7 Å². The van der Waals surface area contributed by atoms with Crippen molar-refractivity contribution in [3.05, 3.63) is 29.8 Å². The summed E-state index contributed by atoms with van der Waals surface area (Å²) in [6.07, 6.45) is 0. The van der Waals surface area contributed by atoms with Crippen LogP contribution in [0.5, 0.6) is 0 Å². The summed E-state index contributed by atoms with van der Waals surface area (Å²) in [5.74, 6) is -1.98. The molecule has 0 unspecified atom stereocenters. The van der Waals surface area contributed by atoms with E-state index in [1.807, 2.05) is 0 Å². The van der Waals surface area contributed by atoms with E-state index in [0.29, 0.717) is 11.3 Å². The first-order valence-corrected chi connectivity index (χ1v) is 5.76. The Morgan fingerprint density at radius 1 is 1.27 bits per heavy atom. The topological polar surface area (TPSA) is 65.1 Å². The predicted molar refractivity (Wildman–Crippen MR) is 46.8 cm³/mol. The summed E-state index contributed by atoms with van der Waals surface area (Å²) in [5, 5.41) is 1.14. The van der Waals surface area contributed by atoms with E-state index in [1.54, 1.807) is 24.3 Å². The van der Waals surface area contributed by atoms with Crippen LogP contribution in [-0.4, -0.2) is 11.7 Å². The van der Waals surface area contributed by atoms with Crippen LogP contribution in [0.2, 0.25) is 0 Å². The molecule has 1 aromatic rings. The lowest BCUT2D eigenvalue weighted by atomic mass is 10.1. The number of carbonyl (C=O) groups excluding carboxylic acids is 1. The molecule has 3 saturated heterocycles. The Hall–Kier alpha value is -1.20. The number of rotatable bonds is 0. The van der Waals surface area contributed by atoms with Gasteiger partial charge in [0.2, 0.25) is 5.78 Å². The van der Waals surface area contributed by atoms with Gasteiger partial charge in [0.15, 0.2) is 0 Å². The molecule has 7 heteroatoms. The Balaban J connectivity index is 2.00. The van der Waals surface area contributed by atoms with Crippen LogP contribution < -0.4 is 5.06 Å². The molecule has 76 valence electrons. The first kappa shape index (κ1) is 8.01. The molecule has 0 atom stereocenters. The number of Topliss-reactive ketones (excluding diaryl/α,β-unsaturated/α-hetero) is 1. The van der Waals surface area contributed by atoms with Gasteiger partial charge >= 0.3 is 13.7 Å². The summed E-state index contributed by atoms with van der Waals surface area (Å²) in [4.78, 5) is 11.9. The smallest absolute Gasteiger partial charge is 0.285 e. The van der Waals surface area contributed by atoms with Crippen LogP contribution in [0.25, 0.3) is 0 Å². The highest BCUT2D eigenvalue weighted by atomic mass is 31.2. The number of anilines is 1. The average molecular weight is 225 g/mol. The van der Waals surface area contributed by atoms with Crippen molar-refractivity contribution in [2.24, 2.45) is 0 Å². The lowest BCUT2D eigenvalue weighted by Crippen LogP contribution is -2.50. The maximum absolute atomic E-state index is 11.9. The normalized spacial score (nSPS) is 40.0. The van der Waals surface area contributed by atoms with E-state index in [0.717, 1.165) is 5.06 Å². The second kappa shape index (κ2) is 2.01. The molecule has 1 aromatic carbocycles. The second-order valence-electron chi connectivity index (χ2n) is 3.43. The van der Waals surface area contributed by atoms with Crippen LogP contribution in [0.15, 0.2) is 24.3 Å². The Labute approximate surface area is 83.9 Å². The van der Waals surface area contributed by atoms with E-state index in [1.165, 1.54) is 0 Å². The van der Waals surface area contributed by atoms with Gasteiger partial charge in [0.05, 0.1) is 11.3 Å². The van der Waals surface area contributed by atoms with Crippen molar-refractivity contribution in [3.8, 4) is 0 Å². The third-order valence-corrected chi connectivity index (χ3v) is 3.88. The number of carbonyl (C=O) groups is 1. The van der Waals surface area contributed by atoms with Crippen molar-refractivity contribution in [1.29, 1.82) is 0 Å². The number of hydroxylamine groups is 1. The molecular formula is C8H4NO5P. The van der Waals surface area contributed by atoms with Gasteiger partial charge in [-0.1, -0.05) is 12.1 Å². The molecule has 0 aromatic heterocycles. The van der Waals surface area contributed by atoms with Gasteiger partial charge in [0.25, 0.3) is 0 Å². The third-order valence-electron chi connectivity index (χ3n) is 2.57. The zero-order valence-electron chi connectivity index (χ0n) is 7.25. The number of phosphoric ester groups is 1. The molecule has 5 rings (SSSR count). The predicted octanol–water partition coefficient (Wildman–Crippen LogP) is 1.44. The van der Waals surface area contributed by atoms with Gasteiger partial charge in [-0.2, -0.15) is 9.69 Å². The van der Waals surface area contributed by atoms with Gasteiger partial charge in [-0.05, 0) is 12.1 Å². The van der Waals surface area contributed by atoms with Crippen LogP contribution in [0.1, 0.15) is 10.4 Å². The maximum Gasteiger partial charge on any atom is 0.505 e. The molecule has 4 aliphatic heterocycles. The van der Waals surface area contributed by atoms with Crippen LogP contribution >= 0.6 is 7.82 Å². The zero-order chi connectivity index (χ0) is 10.3. The van der Waals surface area contributed by atoms with E-state index in [9.17, 15) is 9.36 Å². The maximum atomic E-state index is 11.9. The van der Waals surface area contributed by atoms with E-state index >= 15 is 0 Å². The summed E-state index contributed by atoms with van der Waals surface area (Å²) in [6, 6.07) is 6.81. The molecule has 4 aliphatic rings. The molecule has 4 heterocycles. The van der Waals surface area contributed by atoms with Gasteiger partial charge < -0.3 is 0 Å². The highest BCUT2D eigenvalue weighted by molar-refractivity contribution is 7.50. The Morgan fingerprint density at radius 2 is 2.00 bits per heavy atom. The number of benzene rings is 1. The molecule has 0 radical (unpaired) electrons. The van der Waals surface area contributed by atoms with Crippen molar-refractivity contribution in [2.45, 2.75) is 5.91 Å². The minimum Gasteiger partial charge on any atom is -0.285 e. The van der Waals surface area contributed by atoms with E-state index in [-0.39, 0.29) is 5.78 Å². The van der Waals surface area contributed by atoms with Crippen LogP contribution in [0, 0.1) is 0 Å². The van der Waals surface area contributed by atoms with Crippen molar-refractivity contribution in [2.75, 3.05) is 5.06 Å². The minimum absolute atomic E-state index is 0.373. The summed E-state index contributed by atoms with van der Waals surface area (Å²) in [6.45, 7) is 0. The van der Waals surface area contributed by atoms with Gasteiger partial charge in [0, 0.05) is 0 Å². The molecular weight excluding hydrogens is 221 g/mol. The van der Waals surface area contributed by atoms with Gasteiger partial charge in [-0.3, -0.25) is 4.79 Å². The molecule has 0 amide bonds. The van der Waals surface area contributed by atoms with Crippen molar-refractivity contribution < 1.29 is 23.0 Å². The number of para-hydroxylation sites is 1. The fourth-order valence-electron chi connectivity index (χ4n) is 1.96. The highest BCUT2D eigenvalue weighted by Crippen LogP contribution is 2.76. The molecule has 6 nitrogen and oxygen atoms in total. The SMILES string of the molecule is O=C1c2ccccc2N2OP3(=O)OC12O3. The Morgan fingerprint density at radius 3 is 2.80 bits per heavy atom. The average Bonchev–Trinajstić information content (AvgIpc) is 2.72. The van der Waals surface area contributed by atoms with E-state index in [2.05, 4.69) is 0 Å². The second-order valence-corrected chi connectivity index (χ2v) is 4.86. The first-order chi connectivity index (χ1) is 7.15. The molecule has 1 spiro atoms. The molecule has 0 aliphatic carbocycles. The number of nitrogens with zero attached hydrogens (tertiary/aromatic N) is 1. The van der Waals surface area contributed by atoms with Gasteiger partial charge in [0.1, 0.15) is 0 Å². The minimum atomic E-state index is -3.47. The number of phosphoric acid groups is 1. The summed E-state index contributed by atoms with van der Waals surface area (Å²) >= 11 is 0. The molecule has 2 bridgehead atoms. The quantitative estimate of drug-likeness (QED) is 0.622. The van der Waals surface area contributed by atoms with E-state index < -0.39 is 13.7 Å². The lowest BCUT2D eigenvalue weighted by Gasteiger charge is -2.29. The summed E-state index contributed by atoms with van der Waals surface area (Å²) in [7, 11) is -3.47. The summed E-state index contributed by atoms with van der Waals surface area (Å²) in [5.41, 5.74) is 0.973. The van der Waals surface area contributed by atoms with Crippen molar-refractivity contribution in [1.82, 2.24) is 0 Å². The molecule has 0 N–H and O–H groups in total. The van der Waals surface area contributed by atoms with Crippen LogP contribution in [0.4, 0.5) is 5.69 Å². The highest BCUT2D eigenvalue weighted by Gasteiger charge is 2.78. The number of ketones is 1. The van der Waals surface area contributed by atoms with Gasteiger partial charge in [-0.25, -0.2) is 13.6 Å². The number of hydrogen-bond acceptors (Lipinski definition) is 6. The third kappa shape index (κ3) is 0.682. The molecule has 15 heavy (non-hydrogen) atoms. The lowest BCUT2D eigenvalue weighted by molar-refractivity contribution is -0.130. The fourth-order valence-corrected chi connectivity index (χ4v) is 3.36. The molecule has 3 fully saturated rings. The van der Waals surface area contributed by atoms with Crippen molar-refractivity contribution >= 4 is 19.3 Å². The monoisotopic (exact) mass is 225 g/mol. The summed E-state index contributed by atoms with van der Waals surface area (Å²) < 4.78 is 26.2. The van der Waals surface area contributed by atoms with Gasteiger partial charge in [-0.15, -0.1) is 0 Å². The number of hydrogen-bond donors (Lipinski definition) is 0. The number of fused-ring (bicyclic) bond motifs is 1. The Kier molecular flexibility index (Phi) is 1.07. The first-order valence-electron chi connectivity index (χ1n) is 4.30. The Bertz CT molecular complexity index is 546. The standard InChI is InChI=1S/C8H4NO5P/c10-7-5-3-1-2-4-6(5)9-8(7)12-15(11,13-8)14-9/h1-4H. The van der Waals surface area contributed by atoms with Crippen LogP contribution in [0.3, 0.4) is 0 Å².